The van der Waals surface area contributed by atoms with Crippen molar-refractivity contribution < 1.29 is 9.90 Å². The van der Waals surface area contributed by atoms with Crippen molar-refractivity contribution in [3.63, 3.8) is 0 Å². The summed E-state index contributed by atoms with van der Waals surface area (Å²) >= 11 is 7.24. The third kappa shape index (κ3) is 3.20. The van der Waals surface area contributed by atoms with E-state index in [4.69, 9.17) is 11.6 Å². The number of hydrogen-bond donors (Lipinski definition) is 2. The molecule has 1 aliphatic rings. The molecular weight excluding hydrogens is 338 g/mol. The van der Waals surface area contributed by atoms with E-state index in [0.717, 1.165) is 0 Å². The zero-order valence-electron chi connectivity index (χ0n) is 12.2. The van der Waals surface area contributed by atoms with Crippen LogP contribution in [-0.4, -0.2) is 26.3 Å². The number of phenols is 1. The van der Waals surface area contributed by atoms with Crippen LogP contribution in [0.1, 0.15) is 5.56 Å². The number of hydrogen-bond acceptors (Lipinski definition) is 5. The maximum absolute atomic E-state index is 12.4. The van der Waals surface area contributed by atoms with Crippen LogP contribution in [0.15, 0.2) is 34.3 Å². The Morgan fingerprint density at radius 3 is 3.09 bits per heavy atom. The van der Waals surface area contributed by atoms with Crippen LogP contribution >= 0.6 is 23.4 Å². The van der Waals surface area contributed by atoms with Gasteiger partial charge in [-0.3, -0.25) is 14.2 Å². The molecule has 0 fully saturated rings. The topological polar surface area (TPSA) is 84.2 Å². The molecule has 2 heterocycles. The molecule has 6 nitrogen and oxygen atoms in total. The van der Waals surface area contributed by atoms with Crippen LogP contribution in [-0.2, 0) is 11.3 Å². The maximum atomic E-state index is 12.4. The minimum absolute atomic E-state index is 0.0544. The predicted molar refractivity (Wildman–Crippen MR) is 89.2 cm³/mol. The van der Waals surface area contributed by atoms with Crippen molar-refractivity contribution in [3.8, 4) is 5.75 Å². The van der Waals surface area contributed by atoms with E-state index in [1.165, 1.54) is 34.5 Å². The fourth-order valence-corrected chi connectivity index (χ4v) is 3.52. The summed E-state index contributed by atoms with van der Waals surface area (Å²) in [5.41, 5.74) is 0.668. The maximum Gasteiger partial charge on any atom is 0.257 e. The summed E-state index contributed by atoms with van der Waals surface area (Å²) in [5.74, 6) is -0.203. The number of halogens is 1. The molecule has 1 atom stereocenters. The molecule has 1 aromatic carbocycles. The summed E-state index contributed by atoms with van der Waals surface area (Å²) in [5, 5.41) is 13.5. The number of carbonyl (C=O) groups excluding carboxylic acids is 1. The second-order valence-corrected chi connectivity index (χ2v) is 6.72. The molecule has 1 aliphatic heterocycles. The van der Waals surface area contributed by atoms with Crippen LogP contribution in [0.5, 0.6) is 5.75 Å². The van der Waals surface area contributed by atoms with Crippen LogP contribution < -0.4 is 10.9 Å². The quantitative estimate of drug-likeness (QED) is 0.640. The minimum atomic E-state index is -0.396. The van der Waals surface area contributed by atoms with Gasteiger partial charge in [-0.2, -0.15) is 0 Å². The molecule has 0 saturated heterocycles. The van der Waals surface area contributed by atoms with E-state index >= 15 is 0 Å². The second-order valence-electron chi connectivity index (χ2n) is 5.30. The molecule has 0 saturated carbocycles. The monoisotopic (exact) mass is 351 g/mol. The number of fused-ring (bicyclic) bond motifs is 1. The number of aryl methyl sites for hydroxylation is 1. The number of aromatic hydroxyl groups is 1. The van der Waals surface area contributed by atoms with E-state index in [9.17, 15) is 14.7 Å². The third-order valence-electron chi connectivity index (χ3n) is 3.59. The number of aromatic nitrogens is 2. The van der Waals surface area contributed by atoms with Gasteiger partial charge in [0, 0.05) is 29.1 Å². The van der Waals surface area contributed by atoms with E-state index in [1.807, 2.05) is 0 Å². The van der Waals surface area contributed by atoms with Crippen LogP contribution in [0.25, 0.3) is 0 Å². The van der Waals surface area contributed by atoms with Gasteiger partial charge in [-0.1, -0.05) is 23.4 Å². The number of nitrogens with zero attached hydrogens (tertiary/aromatic N) is 2. The summed E-state index contributed by atoms with van der Waals surface area (Å²) in [7, 11) is 0. The molecule has 2 N–H and O–H groups in total. The molecule has 2 aromatic rings. The fraction of sp³-hybridized carbons (Fsp3) is 0.267. The number of rotatable bonds is 2. The summed E-state index contributed by atoms with van der Waals surface area (Å²) in [6.45, 7) is 1.96. The predicted octanol–water partition coefficient (Wildman–Crippen LogP) is 2.27. The van der Waals surface area contributed by atoms with Crippen molar-refractivity contribution in [1.29, 1.82) is 0 Å². The Labute approximate surface area is 141 Å². The zero-order chi connectivity index (χ0) is 16.6. The van der Waals surface area contributed by atoms with Crippen LogP contribution in [0, 0.1) is 12.8 Å². The highest BCUT2D eigenvalue weighted by molar-refractivity contribution is 7.99. The van der Waals surface area contributed by atoms with Gasteiger partial charge in [0.05, 0.1) is 11.6 Å². The van der Waals surface area contributed by atoms with Gasteiger partial charge in [-0.15, -0.1) is 0 Å². The largest absolute Gasteiger partial charge is 0.506 e. The van der Waals surface area contributed by atoms with E-state index in [2.05, 4.69) is 10.3 Å². The molecule has 0 bridgehead atoms. The first-order chi connectivity index (χ1) is 11.0. The fourth-order valence-electron chi connectivity index (χ4n) is 2.30. The van der Waals surface area contributed by atoms with E-state index in [0.29, 0.717) is 21.5 Å². The first-order valence-electron chi connectivity index (χ1n) is 6.94. The van der Waals surface area contributed by atoms with Crippen molar-refractivity contribution in [2.45, 2.75) is 18.6 Å². The van der Waals surface area contributed by atoms with Crippen molar-refractivity contribution in [3.05, 3.63) is 45.3 Å². The summed E-state index contributed by atoms with van der Waals surface area (Å²) in [6.07, 6.45) is 1.55. The van der Waals surface area contributed by atoms with E-state index < -0.39 is 5.92 Å². The highest BCUT2D eigenvalue weighted by Crippen LogP contribution is 2.29. The van der Waals surface area contributed by atoms with Gasteiger partial charge < -0.3 is 10.4 Å². The smallest absolute Gasteiger partial charge is 0.257 e. The molecule has 8 heteroatoms. The minimum Gasteiger partial charge on any atom is -0.506 e. The Kier molecular flexibility index (Phi) is 4.32. The molecule has 0 spiro atoms. The van der Waals surface area contributed by atoms with Crippen molar-refractivity contribution >= 4 is 35.0 Å². The highest BCUT2D eigenvalue weighted by Gasteiger charge is 2.27. The molecule has 23 heavy (non-hydrogen) atoms. The molecule has 1 amide bonds. The standard InChI is InChI=1S/C15H14ClN3O3S/c1-8-5-17-15-19(14(8)22)6-9(7-23-15)13(21)18-11-4-10(16)2-3-12(11)20/h2-5,9,20H,6-7H2,1H3,(H,18,21). The molecular formula is C15H14ClN3O3S. The zero-order valence-corrected chi connectivity index (χ0v) is 13.8. The average Bonchev–Trinajstić information content (AvgIpc) is 2.54. The van der Waals surface area contributed by atoms with Gasteiger partial charge in [0.2, 0.25) is 5.91 Å². The lowest BCUT2D eigenvalue weighted by atomic mass is 10.1. The van der Waals surface area contributed by atoms with Crippen molar-refractivity contribution in [1.82, 2.24) is 9.55 Å². The lowest BCUT2D eigenvalue weighted by molar-refractivity contribution is -0.119. The lowest BCUT2D eigenvalue weighted by Crippen LogP contribution is -2.37. The molecule has 0 radical (unpaired) electrons. The Balaban J connectivity index is 1.80. The number of nitrogens with one attached hydrogen (secondary N) is 1. The van der Waals surface area contributed by atoms with Gasteiger partial charge >= 0.3 is 0 Å². The third-order valence-corrected chi connectivity index (χ3v) is 4.97. The van der Waals surface area contributed by atoms with Gasteiger partial charge in [0.25, 0.3) is 5.56 Å². The van der Waals surface area contributed by atoms with Gasteiger partial charge in [-0.25, -0.2) is 4.98 Å². The van der Waals surface area contributed by atoms with Gasteiger partial charge in [0.1, 0.15) is 5.75 Å². The Bertz CT molecular complexity index is 837. The second kappa shape index (κ2) is 6.25. The molecule has 0 aliphatic carbocycles. The summed E-state index contributed by atoms with van der Waals surface area (Å²) < 4.78 is 1.52. The molecule has 120 valence electrons. The van der Waals surface area contributed by atoms with Crippen LogP contribution in [0.4, 0.5) is 5.69 Å². The first kappa shape index (κ1) is 15.9. The number of phenolic OH excluding ortho intramolecular Hbond substituents is 1. The lowest BCUT2D eigenvalue weighted by Gasteiger charge is -2.24. The van der Waals surface area contributed by atoms with Gasteiger partial charge in [-0.05, 0) is 25.1 Å². The van der Waals surface area contributed by atoms with Crippen LogP contribution in [0.2, 0.25) is 5.02 Å². The van der Waals surface area contributed by atoms with Gasteiger partial charge in [0.15, 0.2) is 5.16 Å². The molecule has 1 unspecified atom stereocenters. The average molecular weight is 352 g/mol. The van der Waals surface area contributed by atoms with Crippen molar-refractivity contribution in [2.24, 2.45) is 5.92 Å². The number of benzene rings is 1. The first-order valence-corrected chi connectivity index (χ1v) is 8.30. The van der Waals surface area contributed by atoms with E-state index in [1.54, 1.807) is 13.1 Å². The molecule has 3 rings (SSSR count). The molecule has 1 aromatic heterocycles. The highest BCUT2D eigenvalue weighted by atomic mass is 35.5. The number of amides is 1. The summed E-state index contributed by atoms with van der Waals surface area (Å²) in [6, 6.07) is 4.44. The normalized spacial score (nSPS) is 16.7. The Hall–Kier alpha value is -1.99. The Morgan fingerprint density at radius 1 is 1.52 bits per heavy atom. The number of thioether (sulfide) groups is 1. The number of carbonyl (C=O) groups is 1. The Morgan fingerprint density at radius 2 is 2.30 bits per heavy atom. The van der Waals surface area contributed by atoms with Crippen molar-refractivity contribution in [2.75, 3.05) is 11.1 Å². The SMILES string of the molecule is Cc1cnc2n(c1=O)CC(C(=O)Nc1cc(Cl)ccc1O)CS2. The number of anilines is 1. The van der Waals surface area contributed by atoms with E-state index in [-0.39, 0.29) is 29.4 Å². The van der Waals surface area contributed by atoms with Crippen LogP contribution in [0.3, 0.4) is 0 Å². The summed E-state index contributed by atoms with van der Waals surface area (Å²) in [4.78, 5) is 28.8.